The lowest BCUT2D eigenvalue weighted by atomic mass is 9.95. The minimum Gasteiger partial charge on any atom is -0.481 e. The SMILES string of the molecule is O=C(O)C1CCN(C(c2ccc(Br)s2)c2cc3ccccc3s2)CC1. The highest BCUT2D eigenvalue weighted by Crippen LogP contribution is 2.41. The summed E-state index contributed by atoms with van der Waals surface area (Å²) in [5.41, 5.74) is 0. The summed E-state index contributed by atoms with van der Waals surface area (Å²) in [5.74, 6) is -0.855. The average molecular weight is 436 g/mol. The summed E-state index contributed by atoms with van der Waals surface area (Å²) in [6, 6.07) is 15.3. The maximum atomic E-state index is 11.3. The van der Waals surface area contributed by atoms with Crippen molar-refractivity contribution in [2.45, 2.75) is 18.9 Å². The Hall–Kier alpha value is -1.21. The molecule has 1 fully saturated rings. The van der Waals surface area contributed by atoms with Crippen molar-refractivity contribution in [2.75, 3.05) is 13.1 Å². The number of aliphatic carboxylic acids is 1. The number of hydrogen-bond donors (Lipinski definition) is 1. The molecule has 0 saturated carbocycles. The summed E-state index contributed by atoms with van der Waals surface area (Å²) in [6.45, 7) is 1.65. The molecule has 1 saturated heterocycles. The third-order valence-corrected chi connectivity index (χ3v) is 7.67. The van der Waals surface area contributed by atoms with Crippen LogP contribution in [0.15, 0.2) is 46.3 Å². The number of halogens is 1. The fourth-order valence-electron chi connectivity index (χ4n) is 3.52. The van der Waals surface area contributed by atoms with Crippen molar-refractivity contribution in [1.29, 1.82) is 0 Å². The normalized spacial score (nSPS) is 17.8. The third-order valence-electron chi connectivity index (χ3n) is 4.82. The van der Waals surface area contributed by atoms with Crippen molar-refractivity contribution in [1.82, 2.24) is 4.90 Å². The van der Waals surface area contributed by atoms with Gasteiger partial charge >= 0.3 is 5.97 Å². The maximum Gasteiger partial charge on any atom is 0.306 e. The van der Waals surface area contributed by atoms with Crippen molar-refractivity contribution in [3.63, 3.8) is 0 Å². The Morgan fingerprint density at radius 2 is 1.88 bits per heavy atom. The van der Waals surface area contributed by atoms with Crippen LogP contribution in [0.25, 0.3) is 10.1 Å². The van der Waals surface area contributed by atoms with Gasteiger partial charge in [-0.15, -0.1) is 22.7 Å². The molecule has 2 aromatic heterocycles. The second kappa shape index (κ2) is 7.19. The standard InChI is InChI=1S/C19H18BrNO2S2/c20-17-6-5-15(25-17)18(21-9-7-12(8-10-21)19(22)23)16-11-13-3-1-2-4-14(13)24-16/h1-6,11-12,18H,7-10H2,(H,22,23). The first-order valence-electron chi connectivity index (χ1n) is 8.32. The van der Waals surface area contributed by atoms with Crippen LogP contribution in [0.4, 0.5) is 0 Å². The van der Waals surface area contributed by atoms with Crippen LogP contribution in [0, 0.1) is 5.92 Å². The van der Waals surface area contributed by atoms with E-state index < -0.39 is 5.97 Å². The Morgan fingerprint density at radius 1 is 1.12 bits per heavy atom. The van der Waals surface area contributed by atoms with Crippen molar-refractivity contribution >= 4 is 54.7 Å². The van der Waals surface area contributed by atoms with Crippen LogP contribution in [0.5, 0.6) is 0 Å². The first kappa shape index (κ1) is 17.2. The number of benzene rings is 1. The Bertz CT molecular complexity index is 863. The first-order chi connectivity index (χ1) is 12.1. The van der Waals surface area contributed by atoms with Crippen LogP contribution < -0.4 is 0 Å². The van der Waals surface area contributed by atoms with Gasteiger partial charge in [-0.2, -0.15) is 0 Å². The zero-order valence-corrected chi connectivity index (χ0v) is 16.7. The fraction of sp³-hybridized carbons (Fsp3) is 0.316. The summed E-state index contributed by atoms with van der Waals surface area (Å²) in [4.78, 5) is 16.4. The molecule has 6 heteroatoms. The monoisotopic (exact) mass is 435 g/mol. The Labute approximate surface area is 163 Å². The number of rotatable bonds is 4. The highest BCUT2D eigenvalue weighted by molar-refractivity contribution is 9.11. The fourth-order valence-corrected chi connectivity index (χ4v) is 6.39. The number of carboxylic acid groups (broad SMARTS) is 1. The minimum absolute atomic E-state index is 0.200. The number of fused-ring (bicyclic) bond motifs is 1. The van der Waals surface area contributed by atoms with Crippen LogP contribution in [0.1, 0.15) is 28.6 Å². The molecule has 3 heterocycles. The smallest absolute Gasteiger partial charge is 0.306 e. The molecule has 4 rings (SSSR count). The van der Waals surface area contributed by atoms with E-state index in [0.717, 1.165) is 29.7 Å². The molecule has 0 spiro atoms. The van der Waals surface area contributed by atoms with Crippen LogP contribution in [0.3, 0.4) is 0 Å². The molecule has 0 radical (unpaired) electrons. The van der Waals surface area contributed by atoms with E-state index in [-0.39, 0.29) is 12.0 Å². The summed E-state index contributed by atoms with van der Waals surface area (Å²) < 4.78 is 2.44. The maximum absolute atomic E-state index is 11.3. The lowest BCUT2D eigenvalue weighted by Crippen LogP contribution is -2.38. The molecule has 1 aliphatic rings. The molecule has 0 bridgehead atoms. The third kappa shape index (κ3) is 3.53. The van der Waals surface area contributed by atoms with E-state index in [1.54, 1.807) is 11.3 Å². The molecule has 0 aliphatic carbocycles. The van der Waals surface area contributed by atoms with Gasteiger partial charge in [-0.05, 0) is 71.5 Å². The number of likely N-dealkylation sites (tertiary alicyclic amines) is 1. The van der Waals surface area contributed by atoms with Gasteiger partial charge in [0.1, 0.15) is 0 Å². The Kier molecular flexibility index (Phi) is 4.95. The quantitative estimate of drug-likeness (QED) is 0.578. The lowest BCUT2D eigenvalue weighted by Gasteiger charge is -2.35. The summed E-state index contributed by atoms with van der Waals surface area (Å²) in [7, 11) is 0. The van der Waals surface area contributed by atoms with Crippen molar-refractivity contribution in [3.8, 4) is 0 Å². The molecule has 25 heavy (non-hydrogen) atoms. The largest absolute Gasteiger partial charge is 0.481 e. The number of nitrogens with zero attached hydrogens (tertiary/aromatic N) is 1. The van der Waals surface area contributed by atoms with Gasteiger partial charge in [-0.1, -0.05) is 18.2 Å². The second-order valence-corrected chi connectivity index (χ2v) is 9.99. The average Bonchev–Trinajstić information content (AvgIpc) is 3.22. The van der Waals surface area contributed by atoms with E-state index >= 15 is 0 Å². The van der Waals surface area contributed by atoms with Gasteiger partial charge in [0.05, 0.1) is 15.7 Å². The van der Waals surface area contributed by atoms with Gasteiger partial charge in [-0.3, -0.25) is 9.69 Å². The molecule has 0 amide bonds. The van der Waals surface area contributed by atoms with Crippen molar-refractivity contribution in [2.24, 2.45) is 5.92 Å². The number of carboxylic acids is 1. The highest BCUT2D eigenvalue weighted by atomic mass is 79.9. The van der Waals surface area contributed by atoms with E-state index in [1.807, 2.05) is 11.3 Å². The van der Waals surface area contributed by atoms with E-state index in [4.69, 9.17) is 0 Å². The number of piperidine rings is 1. The minimum atomic E-state index is -0.656. The van der Waals surface area contributed by atoms with Gasteiger partial charge in [-0.25, -0.2) is 0 Å². The summed E-state index contributed by atoms with van der Waals surface area (Å²) >= 11 is 7.20. The van der Waals surface area contributed by atoms with E-state index in [9.17, 15) is 9.90 Å². The van der Waals surface area contributed by atoms with Crippen molar-refractivity contribution in [3.05, 3.63) is 56.0 Å². The Morgan fingerprint density at radius 3 is 2.52 bits per heavy atom. The molecule has 1 aliphatic heterocycles. The number of carbonyl (C=O) groups is 1. The molecular formula is C19H18BrNO2S2. The van der Waals surface area contributed by atoms with Gasteiger partial charge in [0, 0.05) is 14.5 Å². The molecule has 1 atom stereocenters. The van der Waals surface area contributed by atoms with E-state index in [1.165, 1.54) is 19.8 Å². The highest BCUT2D eigenvalue weighted by Gasteiger charge is 2.31. The number of thiophene rings is 2. The van der Waals surface area contributed by atoms with Gasteiger partial charge in [0.15, 0.2) is 0 Å². The van der Waals surface area contributed by atoms with E-state index in [0.29, 0.717) is 0 Å². The topological polar surface area (TPSA) is 40.5 Å². The molecule has 3 aromatic rings. The van der Waals surface area contributed by atoms with Gasteiger partial charge in [0.25, 0.3) is 0 Å². The second-order valence-electron chi connectivity index (χ2n) is 6.38. The van der Waals surface area contributed by atoms with Crippen molar-refractivity contribution < 1.29 is 9.90 Å². The molecular weight excluding hydrogens is 418 g/mol. The molecule has 3 nitrogen and oxygen atoms in total. The van der Waals surface area contributed by atoms with Crippen LogP contribution in [-0.4, -0.2) is 29.1 Å². The van der Waals surface area contributed by atoms with Gasteiger partial charge < -0.3 is 5.11 Å². The van der Waals surface area contributed by atoms with Crippen LogP contribution >= 0.6 is 38.6 Å². The molecule has 1 aromatic carbocycles. The summed E-state index contributed by atoms with van der Waals surface area (Å²) in [6.07, 6.45) is 1.45. The zero-order chi connectivity index (χ0) is 17.4. The van der Waals surface area contributed by atoms with Gasteiger partial charge in [0.2, 0.25) is 0 Å². The summed E-state index contributed by atoms with van der Waals surface area (Å²) in [5, 5.41) is 10.6. The van der Waals surface area contributed by atoms with E-state index in [2.05, 4.69) is 63.3 Å². The lowest BCUT2D eigenvalue weighted by molar-refractivity contribution is -0.143. The molecule has 1 N–H and O–H groups in total. The molecule has 130 valence electrons. The predicted octanol–water partition coefficient (Wildman–Crippen LogP) is 5.61. The number of hydrogen-bond acceptors (Lipinski definition) is 4. The zero-order valence-electron chi connectivity index (χ0n) is 13.5. The van der Waals surface area contributed by atoms with Crippen LogP contribution in [-0.2, 0) is 4.79 Å². The molecule has 1 unspecified atom stereocenters. The first-order valence-corrected chi connectivity index (χ1v) is 10.7. The van der Waals surface area contributed by atoms with Crippen LogP contribution in [0.2, 0.25) is 0 Å². The predicted molar refractivity (Wildman–Crippen MR) is 108 cm³/mol. The Balaban J connectivity index is 1.69.